The Labute approximate surface area is 100 Å². The fraction of sp³-hybridized carbons (Fsp3) is 0.417. The summed E-state index contributed by atoms with van der Waals surface area (Å²) >= 11 is 1.40. The van der Waals surface area contributed by atoms with Crippen molar-refractivity contribution in [2.45, 2.75) is 31.4 Å². The van der Waals surface area contributed by atoms with Crippen molar-refractivity contribution in [2.75, 3.05) is 0 Å². The Morgan fingerprint density at radius 1 is 1.24 bits per heavy atom. The molecule has 0 unspecified atom stereocenters. The summed E-state index contributed by atoms with van der Waals surface area (Å²) in [6.07, 6.45) is -0.832. The third-order valence-electron chi connectivity index (χ3n) is 3.19. The number of hydrogen-bond acceptors (Lipinski definition) is 2. The molecular weight excluding hydrogens is 247 g/mol. The molecule has 1 fully saturated rings. The van der Waals surface area contributed by atoms with E-state index in [4.69, 9.17) is 0 Å². The molecule has 1 saturated carbocycles. The van der Waals surface area contributed by atoms with Crippen molar-refractivity contribution >= 4 is 21.6 Å². The van der Waals surface area contributed by atoms with Crippen molar-refractivity contribution in [3.8, 4) is 0 Å². The fourth-order valence-electron chi connectivity index (χ4n) is 1.95. The minimum absolute atomic E-state index is 0.474. The summed E-state index contributed by atoms with van der Waals surface area (Å²) < 4.78 is 38.3. The van der Waals surface area contributed by atoms with Crippen molar-refractivity contribution in [1.82, 2.24) is 4.98 Å². The number of aromatic nitrogens is 1. The lowest BCUT2D eigenvalue weighted by Crippen LogP contribution is -2.07. The van der Waals surface area contributed by atoms with E-state index >= 15 is 0 Å². The zero-order valence-electron chi connectivity index (χ0n) is 8.92. The third-order valence-corrected chi connectivity index (χ3v) is 4.37. The minimum atomic E-state index is -4.27. The molecule has 0 radical (unpaired) electrons. The molecule has 5 heteroatoms. The molecule has 2 aromatic rings. The molecular formula is C12H10F3NS. The van der Waals surface area contributed by atoms with Crippen molar-refractivity contribution in [2.24, 2.45) is 0 Å². The van der Waals surface area contributed by atoms with Gasteiger partial charge in [-0.15, -0.1) is 11.3 Å². The summed E-state index contributed by atoms with van der Waals surface area (Å²) in [4.78, 5) is 4.41. The molecule has 0 atom stereocenters. The molecule has 0 spiro atoms. The Morgan fingerprint density at radius 3 is 2.59 bits per heavy atom. The number of benzene rings is 1. The van der Waals surface area contributed by atoms with E-state index in [9.17, 15) is 13.2 Å². The van der Waals surface area contributed by atoms with Gasteiger partial charge < -0.3 is 0 Å². The quantitative estimate of drug-likeness (QED) is 0.728. The van der Waals surface area contributed by atoms with Crippen LogP contribution in [0.25, 0.3) is 10.2 Å². The zero-order valence-corrected chi connectivity index (χ0v) is 9.74. The Kier molecular flexibility index (Phi) is 2.40. The van der Waals surface area contributed by atoms with Crippen molar-refractivity contribution in [1.29, 1.82) is 0 Å². The first-order chi connectivity index (χ1) is 8.04. The molecule has 1 heterocycles. The highest BCUT2D eigenvalue weighted by Gasteiger charge is 2.31. The van der Waals surface area contributed by atoms with Gasteiger partial charge in [0.1, 0.15) is 0 Å². The van der Waals surface area contributed by atoms with E-state index in [1.165, 1.54) is 29.9 Å². The second-order valence-electron chi connectivity index (χ2n) is 4.36. The van der Waals surface area contributed by atoms with Crippen LogP contribution in [0.2, 0.25) is 0 Å². The van der Waals surface area contributed by atoms with Gasteiger partial charge in [0.25, 0.3) is 0 Å². The topological polar surface area (TPSA) is 12.9 Å². The van der Waals surface area contributed by atoms with Crippen LogP contribution in [0.5, 0.6) is 0 Å². The van der Waals surface area contributed by atoms with Crippen LogP contribution in [0.4, 0.5) is 13.2 Å². The lowest BCUT2D eigenvalue weighted by atomic mass is 9.86. The van der Waals surface area contributed by atoms with Crippen LogP contribution in [0.3, 0.4) is 0 Å². The number of rotatable bonds is 1. The van der Waals surface area contributed by atoms with E-state index in [1.54, 1.807) is 0 Å². The number of halogens is 3. The first-order valence-corrected chi connectivity index (χ1v) is 6.33. The smallest absolute Gasteiger partial charge is 0.241 e. The molecule has 0 N–H and O–H groups in total. The van der Waals surface area contributed by atoms with E-state index < -0.39 is 11.7 Å². The lowest BCUT2D eigenvalue weighted by molar-refractivity contribution is -0.137. The summed E-state index contributed by atoms with van der Waals surface area (Å²) in [6.45, 7) is 0. The largest absolute Gasteiger partial charge is 0.416 e. The number of alkyl halides is 3. The lowest BCUT2D eigenvalue weighted by Gasteiger charge is -2.22. The number of hydrogen-bond donors (Lipinski definition) is 0. The van der Waals surface area contributed by atoms with Crippen LogP contribution < -0.4 is 0 Å². The molecule has 0 amide bonds. The minimum Gasteiger partial charge on any atom is -0.241 e. The Balaban J connectivity index is 2.04. The summed E-state index contributed by atoms with van der Waals surface area (Å²) in [5, 5.41) is 0.991. The predicted octanol–water partition coefficient (Wildman–Crippen LogP) is 4.58. The Hall–Kier alpha value is -1.10. The average Bonchev–Trinajstić information content (AvgIpc) is 2.54. The summed E-state index contributed by atoms with van der Waals surface area (Å²) in [6, 6.07) is 3.78. The van der Waals surface area contributed by atoms with Gasteiger partial charge in [0, 0.05) is 5.92 Å². The average molecular weight is 257 g/mol. The zero-order chi connectivity index (χ0) is 12.0. The first kappa shape index (κ1) is 11.0. The number of thiazole rings is 1. The summed E-state index contributed by atoms with van der Waals surface area (Å²) in [5.41, 5.74) is 0.0960. The molecule has 1 aliphatic rings. The van der Waals surface area contributed by atoms with E-state index in [-0.39, 0.29) is 0 Å². The molecule has 1 aromatic heterocycles. The fourth-order valence-corrected chi connectivity index (χ4v) is 3.12. The Morgan fingerprint density at radius 2 is 2.00 bits per heavy atom. The van der Waals surface area contributed by atoms with E-state index in [2.05, 4.69) is 4.98 Å². The van der Waals surface area contributed by atoms with Crippen LogP contribution >= 0.6 is 11.3 Å². The third kappa shape index (κ3) is 1.92. The first-order valence-electron chi connectivity index (χ1n) is 5.52. The number of nitrogens with zero attached hydrogens (tertiary/aromatic N) is 1. The maximum Gasteiger partial charge on any atom is 0.416 e. The monoisotopic (exact) mass is 257 g/mol. The van der Waals surface area contributed by atoms with Crippen molar-refractivity contribution in [3.63, 3.8) is 0 Å². The van der Waals surface area contributed by atoms with Crippen LogP contribution in [0.15, 0.2) is 18.2 Å². The standard InChI is InChI=1S/C12H10F3NS/c13-12(14,15)8-4-5-9-10(6-8)17-11(16-9)7-2-1-3-7/h4-7H,1-3H2. The van der Waals surface area contributed by atoms with Gasteiger partial charge in [0.15, 0.2) is 0 Å². The van der Waals surface area contributed by atoms with E-state index in [0.29, 0.717) is 16.1 Å². The molecule has 1 aromatic carbocycles. The van der Waals surface area contributed by atoms with E-state index in [1.807, 2.05) is 0 Å². The van der Waals surface area contributed by atoms with Gasteiger partial charge in [-0.1, -0.05) is 6.42 Å². The van der Waals surface area contributed by atoms with Gasteiger partial charge >= 0.3 is 6.18 Å². The molecule has 1 nitrogen and oxygen atoms in total. The second-order valence-corrected chi connectivity index (χ2v) is 5.42. The van der Waals surface area contributed by atoms with Crippen LogP contribution in [0.1, 0.15) is 35.8 Å². The van der Waals surface area contributed by atoms with Gasteiger partial charge in [-0.2, -0.15) is 13.2 Å². The normalized spacial score (nSPS) is 17.4. The van der Waals surface area contributed by atoms with Crippen molar-refractivity contribution < 1.29 is 13.2 Å². The summed E-state index contributed by atoms with van der Waals surface area (Å²) in [5.74, 6) is 0.474. The van der Waals surface area contributed by atoms with Gasteiger partial charge in [0.05, 0.1) is 20.8 Å². The predicted molar refractivity (Wildman–Crippen MR) is 61.2 cm³/mol. The Bertz CT molecular complexity index is 554. The van der Waals surface area contributed by atoms with Crippen LogP contribution in [-0.2, 0) is 6.18 Å². The molecule has 90 valence electrons. The highest BCUT2D eigenvalue weighted by atomic mass is 32.1. The summed E-state index contributed by atoms with van der Waals surface area (Å²) in [7, 11) is 0. The molecule has 0 saturated heterocycles. The van der Waals surface area contributed by atoms with Gasteiger partial charge in [-0.3, -0.25) is 0 Å². The van der Waals surface area contributed by atoms with E-state index in [0.717, 1.165) is 23.9 Å². The van der Waals surface area contributed by atoms with Crippen LogP contribution in [-0.4, -0.2) is 4.98 Å². The molecule has 0 bridgehead atoms. The van der Waals surface area contributed by atoms with Crippen LogP contribution in [0, 0.1) is 0 Å². The maximum absolute atomic E-state index is 12.5. The molecule has 17 heavy (non-hydrogen) atoms. The van der Waals surface area contributed by atoms with Gasteiger partial charge in [0.2, 0.25) is 0 Å². The van der Waals surface area contributed by atoms with Gasteiger partial charge in [-0.25, -0.2) is 4.98 Å². The SMILES string of the molecule is FC(F)(F)c1ccc2nc(C3CCC3)sc2c1. The number of fused-ring (bicyclic) bond motifs is 1. The van der Waals surface area contributed by atoms with Crippen molar-refractivity contribution in [3.05, 3.63) is 28.8 Å². The molecule has 3 rings (SSSR count). The second kappa shape index (κ2) is 3.70. The highest BCUT2D eigenvalue weighted by Crippen LogP contribution is 2.41. The molecule has 0 aliphatic heterocycles. The van der Waals surface area contributed by atoms with Gasteiger partial charge in [-0.05, 0) is 31.0 Å². The highest BCUT2D eigenvalue weighted by molar-refractivity contribution is 7.18. The maximum atomic E-state index is 12.5. The molecule has 1 aliphatic carbocycles.